The van der Waals surface area contributed by atoms with Crippen molar-refractivity contribution in [1.29, 1.82) is 0 Å². The van der Waals surface area contributed by atoms with Gasteiger partial charge >= 0.3 is 11.9 Å². The fourth-order valence-corrected chi connectivity index (χ4v) is 3.46. The minimum atomic E-state index is -0.975. The Morgan fingerprint density at radius 2 is 1.87 bits per heavy atom. The molecule has 2 aromatic carbocycles. The van der Waals surface area contributed by atoms with Crippen LogP contribution in [-0.2, 0) is 27.1 Å². The van der Waals surface area contributed by atoms with E-state index in [9.17, 15) is 19.5 Å². The molecule has 1 amide bonds. The van der Waals surface area contributed by atoms with Crippen molar-refractivity contribution in [3.63, 3.8) is 0 Å². The molecule has 0 saturated heterocycles. The second-order valence-electron chi connectivity index (χ2n) is 8.67. The smallest absolute Gasteiger partial charge is 0.342 e. The molecule has 31 heavy (non-hydrogen) atoms. The number of hydrogen-bond acceptors (Lipinski definition) is 6. The normalized spacial score (nSPS) is 16.6. The van der Waals surface area contributed by atoms with Gasteiger partial charge in [-0.1, -0.05) is 36.4 Å². The average Bonchev–Trinajstić information content (AvgIpc) is 2.66. The summed E-state index contributed by atoms with van der Waals surface area (Å²) >= 11 is 0. The minimum Gasteiger partial charge on any atom is -0.506 e. The van der Waals surface area contributed by atoms with Crippen molar-refractivity contribution in [3.8, 4) is 5.75 Å². The first-order chi connectivity index (χ1) is 14.5. The molecule has 2 atom stereocenters. The number of phenols is 1. The highest BCUT2D eigenvalue weighted by Gasteiger charge is 2.32. The first-order valence-electron chi connectivity index (χ1n) is 10.2. The fraction of sp³-hybridized carbons (Fsp3) is 0.375. The fourth-order valence-electron chi connectivity index (χ4n) is 3.46. The molecule has 0 radical (unpaired) electrons. The third-order valence-corrected chi connectivity index (χ3v) is 4.81. The summed E-state index contributed by atoms with van der Waals surface area (Å²) in [5.74, 6) is -2.39. The Morgan fingerprint density at radius 1 is 1.19 bits per heavy atom. The molecule has 0 aromatic heterocycles. The quantitative estimate of drug-likeness (QED) is 0.714. The number of aromatic hydroxyl groups is 1. The van der Waals surface area contributed by atoms with Crippen LogP contribution >= 0.6 is 0 Å². The van der Waals surface area contributed by atoms with Crippen LogP contribution in [0.25, 0.3) is 0 Å². The Hall–Kier alpha value is -3.35. The molecular weight excluding hydrogens is 398 g/mol. The molecule has 7 nitrogen and oxygen atoms in total. The van der Waals surface area contributed by atoms with Crippen molar-refractivity contribution < 1.29 is 29.0 Å². The van der Waals surface area contributed by atoms with Crippen molar-refractivity contribution in [2.45, 2.75) is 58.3 Å². The number of esters is 2. The van der Waals surface area contributed by atoms with Crippen LogP contribution in [0, 0.1) is 0 Å². The summed E-state index contributed by atoms with van der Waals surface area (Å²) in [7, 11) is 0. The van der Waals surface area contributed by atoms with E-state index < -0.39 is 35.2 Å². The molecule has 1 aliphatic rings. The van der Waals surface area contributed by atoms with Gasteiger partial charge in [0.1, 0.15) is 29.1 Å². The highest BCUT2D eigenvalue weighted by atomic mass is 16.6. The van der Waals surface area contributed by atoms with Crippen LogP contribution in [0.4, 0.5) is 0 Å². The van der Waals surface area contributed by atoms with E-state index in [1.165, 1.54) is 6.07 Å². The predicted molar refractivity (Wildman–Crippen MR) is 114 cm³/mol. The van der Waals surface area contributed by atoms with Gasteiger partial charge in [-0.25, -0.2) is 9.59 Å². The molecule has 0 saturated carbocycles. The molecule has 0 aliphatic carbocycles. The van der Waals surface area contributed by atoms with Crippen molar-refractivity contribution in [3.05, 3.63) is 64.7 Å². The number of carbonyl (C=O) groups excluding carboxylic acids is 3. The van der Waals surface area contributed by atoms with Crippen LogP contribution in [0.15, 0.2) is 42.5 Å². The molecule has 0 spiro atoms. The molecule has 1 heterocycles. The van der Waals surface area contributed by atoms with Gasteiger partial charge in [-0.15, -0.1) is 0 Å². The lowest BCUT2D eigenvalue weighted by Gasteiger charge is -2.25. The highest BCUT2D eigenvalue weighted by Crippen LogP contribution is 2.31. The molecule has 0 fully saturated rings. The third kappa shape index (κ3) is 5.42. The van der Waals surface area contributed by atoms with E-state index in [0.717, 1.165) is 5.56 Å². The topological polar surface area (TPSA) is 102 Å². The zero-order chi connectivity index (χ0) is 22.8. The van der Waals surface area contributed by atoms with E-state index in [-0.39, 0.29) is 23.7 Å². The third-order valence-electron chi connectivity index (χ3n) is 4.81. The van der Waals surface area contributed by atoms with E-state index in [2.05, 4.69) is 5.32 Å². The SMILES string of the molecule is CC1Cc2ccc(C(=O)NC(Cc3ccccc3)C(=O)OC(C)(C)C)c(O)c2C(=O)O1. The number of cyclic esters (lactones) is 1. The number of phenolic OH excluding ortho intramolecular Hbond substituents is 1. The maximum atomic E-state index is 13.0. The minimum absolute atomic E-state index is 0.0115. The van der Waals surface area contributed by atoms with Crippen LogP contribution in [0.5, 0.6) is 5.75 Å². The van der Waals surface area contributed by atoms with Gasteiger partial charge in [-0.2, -0.15) is 0 Å². The maximum absolute atomic E-state index is 13.0. The molecule has 2 aromatic rings. The Morgan fingerprint density at radius 3 is 2.52 bits per heavy atom. The van der Waals surface area contributed by atoms with Gasteiger partial charge in [-0.3, -0.25) is 4.79 Å². The monoisotopic (exact) mass is 425 g/mol. The molecule has 7 heteroatoms. The van der Waals surface area contributed by atoms with Crippen LogP contribution in [-0.4, -0.2) is 40.7 Å². The lowest BCUT2D eigenvalue weighted by Crippen LogP contribution is -2.45. The molecule has 2 unspecified atom stereocenters. The van der Waals surface area contributed by atoms with Gasteiger partial charge in [-0.05, 0) is 44.9 Å². The molecular formula is C24H27NO6. The first kappa shape index (κ1) is 22.3. The number of rotatable bonds is 5. The highest BCUT2D eigenvalue weighted by molar-refractivity contribution is 6.04. The van der Waals surface area contributed by atoms with Crippen molar-refractivity contribution in [1.82, 2.24) is 5.32 Å². The summed E-state index contributed by atoms with van der Waals surface area (Å²) in [6, 6.07) is 11.3. The number of fused-ring (bicyclic) bond motifs is 1. The molecule has 3 rings (SSSR count). The van der Waals surface area contributed by atoms with Crippen LogP contribution in [0.3, 0.4) is 0 Å². The zero-order valence-corrected chi connectivity index (χ0v) is 18.1. The van der Waals surface area contributed by atoms with E-state index in [4.69, 9.17) is 9.47 Å². The zero-order valence-electron chi connectivity index (χ0n) is 18.1. The summed E-state index contributed by atoms with van der Waals surface area (Å²) in [5, 5.41) is 13.3. The molecule has 0 bridgehead atoms. The number of amides is 1. The predicted octanol–water partition coefficient (Wildman–Crippen LogP) is 3.18. The number of ether oxygens (including phenoxy) is 2. The average molecular weight is 425 g/mol. The number of hydrogen-bond donors (Lipinski definition) is 2. The van der Waals surface area contributed by atoms with Gasteiger partial charge in [0.2, 0.25) is 0 Å². The van der Waals surface area contributed by atoms with Crippen LogP contribution in [0.1, 0.15) is 59.5 Å². The van der Waals surface area contributed by atoms with E-state index in [1.54, 1.807) is 33.8 Å². The number of nitrogens with one attached hydrogen (secondary N) is 1. The van der Waals surface area contributed by atoms with Crippen LogP contribution < -0.4 is 5.32 Å². The van der Waals surface area contributed by atoms with Crippen molar-refractivity contribution in [2.24, 2.45) is 0 Å². The van der Waals surface area contributed by atoms with Gasteiger partial charge in [0, 0.05) is 12.8 Å². The van der Waals surface area contributed by atoms with Gasteiger partial charge in [0.25, 0.3) is 5.91 Å². The second kappa shape index (κ2) is 8.79. The van der Waals surface area contributed by atoms with Crippen molar-refractivity contribution in [2.75, 3.05) is 0 Å². The van der Waals surface area contributed by atoms with E-state index in [1.807, 2.05) is 30.3 Å². The van der Waals surface area contributed by atoms with Gasteiger partial charge in [0.05, 0.1) is 5.56 Å². The summed E-state index contributed by atoms with van der Waals surface area (Å²) < 4.78 is 10.6. The Bertz CT molecular complexity index is 993. The Balaban J connectivity index is 1.87. The maximum Gasteiger partial charge on any atom is 0.342 e. The van der Waals surface area contributed by atoms with Gasteiger partial charge in [0.15, 0.2) is 0 Å². The summed E-state index contributed by atoms with van der Waals surface area (Å²) in [6.45, 7) is 6.99. The Kier molecular flexibility index (Phi) is 6.34. The summed E-state index contributed by atoms with van der Waals surface area (Å²) in [4.78, 5) is 38.0. The largest absolute Gasteiger partial charge is 0.506 e. The van der Waals surface area contributed by atoms with E-state index in [0.29, 0.717) is 12.0 Å². The second-order valence-corrected chi connectivity index (χ2v) is 8.67. The Labute approximate surface area is 181 Å². The first-order valence-corrected chi connectivity index (χ1v) is 10.2. The molecule has 2 N–H and O–H groups in total. The van der Waals surface area contributed by atoms with Crippen LogP contribution in [0.2, 0.25) is 0 Å². The standard InChI is InChI=1S/C24H27NO6/c1-14-12-16-10-11-17(20(26)19(16)23(29)30-14)21(27)25-18(22(28)31-24(2,3)4)13-15-8-6-5-7-9-15/h5-11,14,18,26H,12-13H2,1-4H3,(H,25,27). The summed E-state index contributed by atoms with van der Waals surface area (Å²) in [5.41, 5.74) is 0.608. The number of carbonyl (C=O) groups is 3. The molecule has 164 valence electrons. The van der Waals surface area contributed by atoms with Crippen molar-refractivity contribution >= 4 is 17.8 Å². The summed E-state index contributed by atoms with van der Waals surface area (Å²) in [6.07, 6.45) is 0.360. The van der Waals surface area contributed by atoms with E-state index >= 15 is 0 Å². The lowest BCUT2D eigenvalue weighted by atomic mass is 9.95. The molecule has 1 aliphatic heterocycles. The van der Waals surface area contributed by atoms with Gasteiger partial charge < -0.3 is 19.9 Å². The lowest BCUT2D eigenvalue weighted by molar-refractivity contribution is -0.157. The number of benzene rings is 2.